The molecule has 0 aliphatic heterocycles. The summed E-state index contributed by atoms with van der Waals surface area (Å²) in [6.07, 6.45) is -5.73. The first-order valence-corrected chi connectivity index (χ1v) is 10.7. The minimum atomic E-state index is -4.55. The van der Waals surface area contributed by atoms with Crippen LogP contribution in [-0.4, -0.2) is 33.8 Å². The number of carboxylic acids is 1. The number of aliphatic carboxylic acids is 1. The summed E-state index contributed by atoms with van der Waals surface area (Å²) in [7, 11) is 0. The first-order chi connectivity index (χ1) is 16.1. The van der Waals surface area contributed by atoms with Crippen molar-refractivity contribution in [1.29, 1.82) is 0 Å². The van der Waals surface area contributed by atoms with Crippen LogP contribution in [0, 0.1) is 13.8 Å². The van der Waals surface area contributed by atoms with E-state index in [1.165, 1.54) is 12.1 Å². The number of aromatic nitrogens is 2. The highest BCUT2D eigenvalue weighted by molar-refractivity contribution is 5.76. The van der Waals surface area contributed by atoms with Gasteiger partial charge in [-0.3, -0.25) is 0 Å². The molecule has 3 aromatic rings. The zero-order valence-corrected chi connectivity index (χ0v) is 19.0. The Labute approximate surface area is 195 Å². The number of carbonyl (C=O) groups is 1. The molecule has 0 saturated heterocycles. The third kappa shape index (κ3) is 5.36. The number of ether oxygens (including phenoxy) is 2. The maximum atomic E-state index is 13.2. The van der Waals surface area contributed by atoms with Gasteiger partial charge in [0.1, 0.15) is 0 Å². The molecule has 0 unspecified atom stereocenters. The van der Waals surface area contributed by atoms with Crippen molar-refractivity contribution in [3.63, 3.8) is 0 Å². The maximum Gasteiger partial charge on any atom is 0.416 e. The first-order valence-electron chi connectivity index (χ1n) is 10.7. The third-order valence-corrected chi connectivity index (χ3v) is 5.16. The molecule has 0 bridgehead atoms. The number of benzene rings is 2. The van der Waals surface area contributed by atoms with Crippen molar-refractivity contribution in [2.45, 2.75) is 45.1 Å². The van der Waals surface area contributed by atoms with E-state index in [0.717, 1.165) is 12.1 Å². The van der Waals surface area contributed by atoms with E-state index in [1.807, 2.05) is 6.92 Å². The number of halogens is 3. The molecule has 2 atom stereocenters. The highest BCUT2D eigenvalue weighted by Gasteiger charge is 2.50. The topological polar surface area (TPSA) is 81.5 Å². The molecule has 0 radical (unpaired) electrons. The van der Waals surface area contributed by atoms with Crippen LogP contribution in [0.15, 0.2) is 60.7 Å². The van der Waals surface area contributed by atoms with E-state index in [0.29, 0.717) is 23.4 Å². The van der Waals surface area contributed by atoms with E-state index >= 15 is 0 Å². The summed E-state index contributed by atoms with van der Waals surface area (Å²) in [5.74, 6) is -1.39. The molecular weight excluding hydrogens is 449 g/mol. The number of nitrogens with zero attached hydrogens (tertiary/aromatic N) is 2. The van der Waals surface area contributed by atoms with Crippen LogP contribution >= 0.6 is 0 Å². The number of hydrogen-bond acceptors (Lipinski definition) is 5. The number of hydrogen-bond donors (Lipinski definition) is 1. The Morgan fingerprint density at radius 1 is 0.941 bits per heavy atom. The molecule has 1 heterocycles. The Balaban J connectivity index is 2.25. The SMILES string of the molecule is CCCO[C@@](c1ccccc1)(c1ccc(C(F)(F)F)cc1)[C@H](Oc1nc(C)cc(C)n1)C(=O)O. The van der Waals surface area contributed by atoms with Gasteiger partial charge in [-0.15, -0.1) is 0 Å². The van der Waals surface area contributed by atoms with Gasteiger partial charge in [-0.1, -0.05) is 49.4 Å². The van der Waals surface area contributed by atoms with E-state index in [1.54, 1.807) is 50.2 Å². The fourth-order valence-electron chi connectivity index (χ4n) is 3.73. The molecule has 34 heavy (non-hydrogen) atoms. The molecule has 0 fully saturated rings. The lowest BCUT2D eigenvalue weighted by atomic mass is 9.80. The smallest absolute Gasteiger partial charge is 0.416 e. The number of aryl methyl sites for hydroxylation is 2. The minimum Gasteiger partial charge on any atom is -0.478 e. The summed E-state index contributed by atoms with van der Waals surface area (Å²) in [6.45, 7) is 5.39. The number of rotatable bonds is 9. The maximum absolute atomic E-state index is 13.2. The molecule has 0 spiro atoms. The van der Waals surface area contributed by atoms with E-state index in [9.17, 15) is 23.1 Å². The Bertz CT molecular complexity index is 1100. The predicted octanol–water partition coefficient (Wildman–Crippen LogP) is 5.31. The van der Waals surface area contributed by atoms with Crippen molar-refractivity contribution >= 4 is 5.97 Å². The van der Waals surface area contributed by atoms with Gasteiger partial charge in [0.15, 0.2) is 5.60 Å². The van der Waals surface area contributed by atoms with Crippen LogP contribution in [0.4, 0.5) is 13.2 Å². The van der Waals surface area contributed by atoms with Gasteiger partial charge in [0.25, 0.3) is 0 Å². The van der Waals surface area contributed by atoms with E-state index in [-0.39, 0.29) is 18.2 Å². The summed E-state index contributed by atoms with van der Waals surface area (Å²) in [5.41, 5.74) is -0.910. The second-order valence-corrected chi connectivity index (χ2v) is 7.79. The molecule has 180 valence electrons. The van der Waals surface area contributed by atoms with Gasteiger partial charge in [0, 0.05) is 18.0 Å². The fourth-order valence-corrected chi connectivity index (χ4v) is 3.73. The number of alkyl halides is 3. The minimum absolute atomic E-state index is 0.122. The molecule has 0 amide bonds. The quantitative estimate of drug-likeness (QED) is 0.452. The molecular formula is C25H25F3N2O4. The summed E-state index contributed by atoms with van der Waals surface area (Å²) >= 11 is 0. The van der Waals surface area contributed by atoms with Crippen LogP contribution < -0.4 is 4.74 Å². The number of carboxylic acid groups (broad SMARTS) is 1. The monoisotopic (exact) mass is 474 g/mol. The molecule has 1 N–H and O–H groups in total. The van der Waals surface area contributed by atoms with Gasteiger partial charge in [0.2, 0.25) is 6.10 Å². The molecule has 1 aromatic heterocycles. The van der Waals surface area contributed by atoms with Gasteiger partial charge in [-0.05, 0) is 49.6 Å². The van der Waals surface area contributed by atoms with Crippen LogP contribution in [0.1, 0.15) is 41.4 Å². The normalized spacial score (nSPS) is 14.3. The molecule has 3 rings (SSSR count). The third-order valence-electron chi connectivity index (χ3n) is 5.16. The Hall–Kier alpha value is -3.46. The Kier molecular flexibility index (Phi) is 7.56. The summed E-state index contributed by atoms with van der Waals surface area (Å²) in [5, 5.41) is 10.3. The van der Waals surface area contributed by atoms with Crippen molar-refractivity contribution in [1.82, 2.24) is 9.97 Å². The molecule has 2 aromatic carbocycles. The Morgan fingerprint density at radius 3 is 1.97 bits per heavy atom. The first kappa shape index (κ1) is 25.2. The summed E-state index contributed by atoms with van der Waals surface area (Å²) in [4.78, 5) is 21.0. The van der Waals surface area contributed by atoms with Crippen LogP contribution in [0.5, 0.6) is 6.01 Å². The van der Waals surface area contributed by atoms with Crippen LogP contribution in [0.2, 0.25) is 0 Å². The lowest BCUT2D eigenvalue weighted by Crippen LogP contribution is -2.51. The van der Waals surface area contributed by atoms with Gasteiger partial charge < -0.3 is 14.6 Å². The Morgan fingerprint density at radius 2 is 1.47 bits per heavy atom. The van der Waals surface area contributed by atoms with E-state index in [4.69, 9.17) is 9.47 Å². The standard InChI is InChI=1S/C25H25F3N2O4/c1-4-14-33-24(18-8-6-5-7-9-18,19-10-12-20(13-11-19)25(26,27)28)21(22(31)32)34-23-29-16(2)15-17(3)30-23/h5-13,15,21H,4,14H2,1-3H3,(H,31,32)/t21-,24+/m1/s1. The average Bonchev–Trinajstić information content (AvgIpc) is 2.78. The van der Waals surface area contributed by atoms with Crippen LogP contribution in [0.25, 0.3) is 0 Å². The molecule has 0 saturated carbocycles. The van der Waals surface area contributed by atoms with Crippen LogP contribution in [-0.2, 0) is 21.3 Å². The largest absolute Gasteiger partial charge is 0.478 e. The van der Waals surface area contributed by atoms with Crippen molar-refractivity contribution in [2.24, 2.45) is 0 Å². The van der Waals surface area contributed by atoms with E-state index in [2.05, 4.69) is 9.97 Å². The highest BCUT2D eigenvalue weighted by atomic mass is 19.4. The van der Waals surface area contributed by atoms with Crippen molar-refractivity contribution in [2.75, 3.05) is 6.61 Å². The molecule has 0 aliphatic rings. The summed E-state index contributed by atoms with van der Waals surface area (Å²) in [6, 6.07) is 14.2. The predicted molar refractivity (Wildman–Crippen MR) is 118 cm³/mol. The van der Waals surface area contributed by atoms with E-state index < -0.39 is 29.4 Å². The zero-order valence-electron chi connectivity index (χ0n) is 19.0. The van der Waals surface area contributed by atoms with Crippen LogP contribution in [0.3, 0.4) is 0 Å². The molecule has 6 nitrogen and oxygen atoms in total. The lowest BCUT2D eigenvalue weighted by Gasteiger charge is -2.39. The van der Waals surface area contributed by atoms with Gasteiger partial charge in [0.05, 0.1) is 5.56 Å². The van der Waals surface area contributed by atoms with Gasteiger partial charge >= 0.3 is 18.2 Å². The summed E-state index contributed by atoms with van der Waals surface area (Å²) < 4.78 is 51.7. The van der Waals surface area contributed by atoms with Crippen molar-refractivity contribution in [3.8, 4) is 6.01 Å². The van der Waals surface area contributed by atoms with Crippen molar-refractivity contribution < 1.29 is 32.5 Å². The lowest BCUT2D eigenvalue weighted by molar-refractivity contribution is -0.164. The average molecular weight is 474 g/mol. The van der Waals surface area contributed by atoms with Gasteiger partial charge in [-0.2, -0.15) is 13.2 Å². The molecule has 9 heteroatoms. The fraction of sp³-hybridized carbons (Fsp3) is 0.320. The highest BCUT2D eigenvalue weighted by Crippen LogP contribution is 2.40. The zero-order chi connectivity index (χ0) is 24.9. The van der Waals surface area contributed by atoms with Crippen molar-refractivity contribution in [3.05, 3.63) is 88.7 Å². The molecule has 0 aliphatic carbocycles. The van der Waals surface area contributed by atoms with Gasteiger partial charge in [-0.25, -0.2) is 14.8 Å². The second-order valence-electron chi connectivity index (χ2n) is 7.79. The second kappa shape index (κ2) is 10.2.